The summed E-state index contributed by atoms with van der Waals surface area (Å²) in [5.41, 5.74) is 2.83. The van der Waals surface area contributed by atoms with Crippen molar-refractivity contribution in [3.63, 3.8) is 0 Å². The predicted molar refractivity (Wildman–Crippen MR) is 109 cm³/mol. The fraction of sp³-hybridized carbons (Fsp3) is 0.600. The van der Waals surface area contributed by atoms with E-state index < -0.39 is 0 Å². The van der Waals surface area contributed by atoms with E-state index in [1.54, 1.807) is 0 Å². The molecule has 1 aromatic rings. The number of ether oxygens (including phenoxy) is 2. The highest BCUT2D eigenvalue weighted by Crippen LogP contribution is 2.34. The van der Waals surface area contributed by atoms with Gasteiger partial charge in [-0.2, -0.15) is 0 Å². The maximum Gasteiger partial charge on any atom is 0.0525 e. The zero-order chi connectivity index (χ0) is 16.9. The molecule has 0 N–H and O–H groups in total. The third-order valence-electron chi connectivity index (χ3n) is 5.59. The summed E-state index contributed by atoms with van der Waals surface area (Å²) in [5.74, 6) is 0. The molecule has 2 unspecified atom stereocenters. The highest BCUT2D eigenvalue weighted by atomic mass is 28.1. The third kappa shape index (κ3) is 4.91. The summed E-state index contributed by atoms with van der Waals surface area (Å²) >= 11 is 0. The Hall–Kier alpha value is -0.686. The Morgan fingerprint density at radius 3 is 2.12 bits per heavy atom. The van der Waals surface area contributed by atoms with Gasteiger partial charge in [0.05, 0.1) is 10.4 Å². The molecule has 2 aliphatic rings. The highest BCUT2D eigenvalue weighted by molar-refractivity contribution is 6.15. The van der Waals surface area contributed by atoms with Gasteiger partial charge in [0.15, 0.2) is 0 Å². The lowest BCUT2D eigenvalue weighted by Gasteiger charge is -2.36. The first kappa shape index (κ1) is 18.1. The summed E-state index contributed by atoms with van der Waals surface area (Å²) in [6, 6.07) is 10.9. The number of rotatable bonds is 5. The molecule has 2 nitrogen and oxygen atoms in total. The molecule has 0 saturated carbocycles. The fourth-order valence-corrected chi connectivity index (χ4v) is 5.67. The van der Waals surface area contributed by atoms with Gasteiger partial charge in [0.2, 0.25) is 0 Å². The van der Waals surface area contributed by atoms with E-state index in [1.807, 2.05) is 0 Å². The number of hydrogen-bond donors (Lipinski definition) is 0. The normalized spacial score (nSPS) is 32.1. The minimum absolute atomic E-state index is 0.131. The molecule has 2 aliphatic heterocycles. The van der Waals surface area contributed by atoms with Crippen molar-refractivity contribution in [1.29, 1.82) is 0 Å². The quantitative estimate of drug-likeness (QED) is 0.751. The van der Waals surface area contributed by atoms with Crippen molar-refractivity contribution >= 4 is 26.1 Å². The monoisotopic (exact) mass is 360 g/mol. The van der Waals surface area contributed by atoms with Crippen molar-refractivity contribution in [3.8, 4) is 0 Å². The van der Waals surface area contributed by atoms with Crippen LogP contribution < -0.4 is 0 Å². The van der Waals surface area contributed by atoms with E-state index in [0.717, 1.165) is 46.5 Å². The molecule has 0 radical (unpaired) electrons. The average Bonchev–Trinajstić information content (AvgIpc) is 2.61. The van der Waals surface area contributed by atoms with E-state index in [9.17, 15) is 0 Å². The zero-order valence-electron chi connectivity index (χ0n) is 15.4. The van der Waals surface area contributed by atoms with Crippen LogP contribution in [0.1, 0.15) is 56.9 Å². The van der Waals surface area contributed by atoms with Crippen LogP contribution in [0.15, 0.2) is 36.4 Å². The van der Waals surface area contributed by atoms with Crippen molar-refractivity contribution < 1.29 is 9.47 Å². The van der Waals surface area contributed by atoms with Gasteiger partial charge in [-0.3, -0.25) is 0 Å². The minimum Gasteiger partial charge on any atom is -0.379 e. The molecule has 2 atom stereocenters. The molecule has 0 aromatic heterocycles. The molecule has 24 heavy (non-hydrogen) atoms. The Balaban J connectivity index is 1.78. The molecule has 0 bridgehead atoms. The molecule has 2 fully saturated rings. The van der Waals surface area contributed by atoms with Gasteiger partial charge in [-0.25, -0.2) is 0 Å². The van der Waals surface area contributed by atoms with Crippen molar-refractivity contribution in [2.24, 2.45) is 0 Å². The van der Waals surface area contributed by atoms with E-state index in [1.165, 1.54) is 49.7 Å². The summed E-state index contributed by atoms with van der Waals surface area (Å²) in [7, 11) is 2.22. The van der Waals surface area contributed by atoms with E-state index >= 15 is 0 Å². The zero-order valence-corrected chi connectivity index (χ0v) is 19.4. The van der Waals surface area contributed by atoms with Crippen LogP contribution in [0.25, 0.3) is 5.57 Å². The minimum atomic E-state index is 0.131. The number of hydrogen-bond acceptors (Lipinski definition) is 2. The lowest BCUT2D eigenvalue weighted by Crippen LogP contribution is -2.37. The largest absolute Gasteiger partial charge is 0.379 e. The highest BCUT2D eigenvalue weighted by Gasteiger charge is 2.30. The van der Waals surface area contributed by atoms with Gasteiger partial charge in [0, 0.05) is 33.7 Å². The van der Waals surface area contributed by atoms with E-state index in [4.69, 9.17) is 9.47 Å². The van der Waals surface area contributed by atoms with Crippen LogP contribution in [0.4, 0.5) is 0 Å². The van der Waals surface area contributed by atoms with Crippen LogP contribution >= 0.6 is 0 Å². The van der Waals surface area contributed by atoms with Crippen molar-refractivity contribution in [1.82, 2.24) is 0 Å². The molecule has 2 saturated heterocycles. The van der Waals surface area contributed by atoms with Gasteiger partial charge in [-0.15, -0.1) is 0 Å². The Morgan fingerprint density at radius 1 is 0.917 bits per heavy atom. The van der Waals surface area contributed by atoms with Gasteiger partial charge >= 0.3 is 0 Å². The Kier molecular flexibility index (Phi) is 6.14. The molecule has 0 amide bonds. The first-order chi connectivity index (χ1) is 11.6. The molecular weight excluding hydrogens is 328 g/mol. The summed E-state index contributed by atoms with van der Waals surface area (Å²) < 4.78 is 12.4. The Bertz CT molecular complexity index is 544. The third-order valence-corrected chi connectivity index (χ3v) is 7.93. The molecule has 0 spiro atoms. The van der Waals surface area contributed by atoms with Crippen LogP contribution in [-0.4, -0.2) is 44.1 Å². The second kappa shape index (κ2) is 8.13. The van der Waals surface area contributed by atoms with Gasteiger partial charge in [-0.05, 0) is 62.5 Å². The summed E-state index contributed by atoms with van der Waals surface area (Å²) in [6.07, 6.45) is 12.2. The van der Waals surface area contributed by atoms with E-state index in [2.05, 4.69) is 36.4 Å². The Labute approximate surface area is 152 Å². The molecule has 1 aromatic carbocycles. The molecule has 132 valence electrons. The maximum atomic E-state index is 6.23. The molecule has 2 heterocycles. The van der Waals surface area contributed by atoms with Gasteiger partial charge < -0.3 is 9.47 Å². The Morgan fingerprint density at radius 2 is 1.54 bits per heavy atom. The SMILES string of the molecule is [SiH3]C1(CC=C(CC2([SiH3])CCCCO2)c2ccccc2)CCCCO1. The second-order valence-electron chi connectivity index (χ2n) is 7.99. The first-order valence-electron chi connectivity index (χ1n) is 9.61. The first-order valence-corrected chi connectivity index (χ1v) is 11.6. The second-order valence-corrected chi connectivity index (χ2v) is 11.6. The lowest BCUT2D eigenvalue weighted by atomic mass is 9.93. The standard InChI is InChI=1S/C20H32O2Si2/c23-19(11-4-6-14-21-19)13-10-18(17-8-2-1-3-9-17)16-20(24)12-5-7-15-22-20/h1-3,8-10H,4-7,11-16H2,23-24H3. The van der Waals surface area contributed by atoms with Crippen LogP contribution in [-0.2, 0) is 9.47 Å². The fourth-order valence-electron chi connectivity index (χ4n) is 3.97. The summed E-state index contributed by atoms with van der Waals surface area (Å²) in [4.78, 5) is 0. The molecule has 4 heteroatoms. The average molecular weight is 361 g/mol. The smallest absolute Gasteiger partial charge is 0.0525 e. The van der Waals surface area contributed by atoms with Crippen LogP contribution in [0.2, 0.25) is 0 Å². The van der Waals surface area contributed by atoms with Crippen LogP contribution in [0.3, 0.4) is 0 Å². The lowest BCUT2D eigenvalue weighted by molar-refractivity contribution is -0.0167. The van der Waals surface area contributed by atoms with Gasteiger partial charge in [0.25, 0.3) is 0 Å². The summed E-state index contributed by atoms with van der Waals surface area (Å²) in [5, 5.41) is 0.287. The number of benzene rings is 1. The maximum absolute atomic E-state index is 6.23. The van der Waals surface area contributed by atoms with Crippen molar-refractivity contribution in [2.75, 3.05) is 13.2 Å². The van der Waals surface area contributed by atoms with Crippen molar-refractivity contribution in [2.45, 2.75) is 61.8 Å². The van der Waals surface area contributed by atoms with Gasteiger partial charge in [0.1, 0.15) is 0 Å². The van der Waals surface area contributed by atoms with Crippen LogP contribution in [0.5, 0.6) is 0 Å². The molecule has 3 rings (SSSR count). The van der Waals surface area contributed by atoms with Crippen LogP contribution in [0, 0.1) is 0 Å². The van der Waals surface area contributed by atoms with Gasteiger partial charge in [-0.1, -0.05) is 36.4 Å². The van der Waals surface area contributed by atoms with Crippen molar-refractivity contribution in [3.05, 3.63) is 42.0 Å². The molecular formula is C20H32O2Si2. The molecule has 0 aliphatic carbocycles. The predicted octanol–water partition coefficient (Wildman–Crippen LogP) is 2.37. The van der Waals surface area contributed by atoms with E-state index in [-0.39, 0.29) is 10.4 Å². The van der Waals surface area contributed by atoms with E-state index in [0.29, 0.717) is 0 Å². The summed E-state index contributed by atoms with van der Waals surface area (Å²) in [6.45, 7) is 1.89. The topological polar surface area (TPSA) is 18.5 Å².